The Hall–Kier alpha value is -3.34. The fraction of sp³-hybridized carbons (Fsp3) is 0.400. The van der Waals surface area contributed by atoms with E-state index in [2.05, 4.69) is 45.2 Å². The van der Waals surface area contributed by atoms with Crippen LogP contribution in [0.15, 0.2) is 76.9 Å². The van der Waals surface area contributed by atoms with Gasteiger partial charge in [0.1, 0.15) is 5.75 Å². The quantitative estimate of drug-likeness (QED) is 0.126. The molecule has 1 amide bonds. The zero-order chi connectivity index (χ0) is 26.0. The van der Waals surface area contributed by atoms with Crippen LogP contribution in [0.3, 0.4) is 0 Å². The lowest BCUT2D eigenvalue weighted by molar-refractivity contribution is -0.134. The highest BCUT2D eigenvalue weighted by molar-refractivity contribution is 6.01. The van der Waals surface area contributed by atoms with Crippen LogP contribution in [0.25, 0.3) is 0 Å². The minimum absolute atomic E-state index is 0.0494. The lowest BCUT2D eigenvalue weighted by Gasteiger charge is -2.32. The summed E-state index contributed by atoms with van der Waals surface area (Å²) in [6, 6.07) is 4.24. The summed E-state index contributed by atoms with van der Waals surface area (Å²) in [7, 11) is 0. The molecule has 35 heavy (non-hydrogen) atoms. The van der Waals surface area contributed by atoms with Gasteiger partial charge in [-0.2, -0.15) is 0 Å². The SMILES string of the molecule is CCCC(=O)Oc1cc(O)ccc1NC(=O)/C=C(C)/C=C/C=C(C)/C=C/C1=C(C)CCCC1(C)C. The number of phenols is 1. The van der Waals surface area contributed by atoms with Gasteiger partial charge in [0.15, 0.2) is 5.75 Å². The summed E-state index contributed by atoms with van der Waals surface area (Å²) in [5.41, 5.74) is 5.34. The summed E-state index contributed by atoms with van der Waals surface area (Å²) in [4.78, 5) is 24.3. The number of hydrogen-bond donors (Lipinski definition) is 2. The minimum atomic E-state index is -0.419. The van der Waals surface area contributed by atoms with Gasteiger partial charge in [0.2, 0.25) is 5.91 Å². The average molecular weight is 478 g/mol. The Bertz CT molecular complexity index is 1080. The largest absolute Gasteiger partial charge is 0.508 e. The zero-order valence-corrected chi connectivity index (χ0v) is 21.9. The smallest absolute Gasteiger partial charge is 0.311 e. The van der Waals surface area contributed by atoms with E-state index in [4.69, 9.17) is 4.74 Å². The molecule has 5 nitrogen and oxygen atoms in total. The van der Waals surface area contributed by atoms with Gasteiger partial charge in [-0.05, 0) is 75.1 Å². The predicted octanol–water partition coefficient (Wildman–Crippen LogP) is 7.57. The molecule has 0 unspecified atom stereocenters. The Morgan fingerprint density at radius 2 is 1.91 bits per heavy atom. The highest BCUT2D eigenvalue weighted by Gasteiger charge is 2.26. The number of anilines is 1. The number of benzene rings is 1. The molecule has 0 heterocycles. The molecule has 2 rings (SSSR count). The maximum atomic E-state index is 12.5. The molecule has 1 aliphatic carbocycles. The predicted molar refractivity (Wildman–Crippen MR) is 143 cm³/mol. The maximum Gasteiger partial charge on any atom is 0.311 e. The Morgan fingerprint density at radius 1 is 1.17 bits per heavy atom. The summed E-state index contributed by atoms with van der Waals surface area (Å²) in [6.45, 7) is 12.6. The van der Waals surface area contributed by atoms with Crippen molar-refractivity contribution < 1.29 is 19.4 Å². The molecule has 0 aromatic heterocycles. The molecule has 0 fully saturated rings. The van der Waals surface area contributed by atoms with Gasteiger partial charge >= 0.3 is 5.97 Å². The summed E-state index contributed by atoms with van der Waals surface area (Å²) in [5.74, 6) is -0.701. The first-order valence-corrected chi connectivity index (χ1v) is 12.3. The number of phenolic OH excluding ortho intramolecular Hbond substituents is 1. The third kappa shape index (κ3) is 9.08. The number of esters is 1. The second-order valence-electron chi connectivity index (χ2n) is 9.82. The Balaban J connectivity index is 2.03. The number of carbonyl (C=O) groups is 2. The number of ether oxygens (including phenoxy) is 1. The molecule has 0 spiro atoms. The van der Waals surface area contributed by atoms with E-state index >= 15 is 0 Å². The third-order valence-corrected chi connectivity index (χ3v) is 6.03. The highest BCUT2D eigenvalue weighted by atomic mass is 16.5. The van der Waals surface area contributed by atoms with Crippen LogP contribution in [0.2, 0.25) is 0 Å². The normalized spacial score (nSPS) is 16.7. The molecule has 188 valence electrons. The van der Waals surface area contributed by atoms with E-state index in [0.717, 1.165) is 11.1 Å². The van der Waals surface area contributed by atoms with Gasteiger partial charge in [0, 0.05) is 18.6 Å². The van der Waals surface area contributed by atoms with E-state index in [1.165, 1.54) is 54.7 Å². The number of carbonyl (C=O) groups excluding carboxylic acids is 2. The summed E-state index contributed by atoms with van der Waals surface area (Å²) in [5, 5.41) is 12.4. The Morgan fingerprint density at radius 3 is 2.60 bits per heavy atom. The van der Waals surface area contributed by atoms with E-state index in [0.29, 0.717) is 12.1 Å². The van der Waals surface area contributed by atoms with Crippen LogP contribution < -0.4 is 10.1 Å². The summed E-state index contributed by atoms with van der Waals surface area (Å²) < 4.78 is 5.28. The second-order valence-corrected chi connectivity index (χ2v) is 9.82. The standard InChI is InChI=1S/C30H39NO4/c1-7-10-29(34)35-27-20-24(32)15-17-26(27)31-28(33)19-22(3)12-8-11-21(2)14-16-25-23(4)13-9-18-30(25,5)6/h8,11-12,14-17,19-20,32H,7,9-10,13,18H2,1-6H3,(H,31,33)/b12-8+,16-14+,21-11+,22-19+. The fourth-order valence-corrected chi connectivity index (χ4v) is 4.13. The molecule has 1 aliphatic rings. The number of nitrogens with one attached hydrogen (secondary N) is 1. The first kappa shape index (κ1) is 27.9. The van der Waals surface area contributed by atoms with Crippen LogP contribution in [0.5, 0.6) is 11.5 Å². The molecule has 0 bridgehead atoms. The van der Waals surface area contributed by atoms with Crippen molar-refractivity contribution in [3.8, 4) is 11.5 Å². The minimum Gasteiger partial charge on any atom is -0.508 e. The lowest BCUT2D eigenvalue weighted by atomic mass is 9.72. The van der Waals surface area contributed by atoms with E-state index in [1.807, 2.05) is 32.1 Å². The number of allylic oxidation sites excluding steroid dienone is 9. The van der Waals surface area contributed by atoms with E-state index in [-0.39, 0.29) is 29.2 Å². The third-order valence-electron chi connectivity index (χ3n) is 6.03. The van der Waals surface area contributed by atoms with Gasteiger partial charge in [0.25, 0.3) is 0 Å². The molecule has 0 radical (unpaired) electrons. The number of hydrogen-bond acceptors (Lipinski definition) is 4. The molecular weight excluding hydrogens is 438 g/mol. The van der Waals surface area contributed by atoms with Crippen LogP contribution in [-0.2, 0) is 9.59 Å². The first-order valence-electron chi connectivity index (χ1n) is 12.3. The van der Waals surface area contributed by atoms with Gasteiger partial charge in [-0.15, -0.1) is 0 Å². The molecule has 0 atom stereocenters. The Labute approximate surface area is 210 Å². The lowest BCUT2D eigenvalue weighted by Crippen LogP contribution is -2.19. The number of aromatic hydroxyl groups is 1. The van der Waals surface area contributed by atoms with Crippen molar-refractivity contribution in [2.45, 2.75) is 73.6 Å². The molecule has 1 aromatic rings. The molecular formula is C30H39NO4. The molecule has 2 N–H and O–H groups in total. The monoisotopic (exact) mass is 477 g/mol. The molecule has 0 aliphatic heterocycles. The van der Waals surface area contributed by atoms with Crippen molar-refractivity contribution in [3.05, 3.63) is 76.9 Å². The molecule has 0 saturated carbocycles. The number of amides is 1. The number of rotatable bonds is 9. The van der Waals surface area contributed by atoms with Gasteiger partial charge in [-0.3, -0.25) is 9.59 Å². The maximum absolute atomic E-state index is 12.5. The second kappa shape index (κ2) is 12.9. The Kier molecular flexibility index (Phi) is 10.3. The van der Waals surface area contributed by atoms with Crippen LogP contribution in [0.4, 0.5) is 5.69 Å². The van der Waals surface area contributed by atoms with E-state index < -0.39 is 5.97 Å². The molecule has 0 saturated heterocycles. The van der Waals surface area contributed by atoms with Gasteiger partial charge in [-0.1, -0.05) is 62.3 Å². The van der Waals surface area contributed by atoms with Crippen molar-refractivity contribution in [2.24, 2.45) is 5.41 Å². The van der Waals surface area contributed by atoms with Crippen molar-refractivity contribution in [3.63, 3.8) is 0 Å². The van der Waals surface area contributed by atoms with E-state index in [9.17, 15) is 14.7 Å². The zero-order valence-electron chi connectivity index (χ0n) is 21.9. The highest BCUT2D eigenvalue weighted by Crippen LogP contribution is 2.40. The fourth-order valence-electron chi connectivity index (χ4n) is 4.13. The summed E-state index contributed by atoms with van der Waals surface area (Å²) >= 11 is 0. The van der Waals surface area contributed by atoms with Gasteiger partial charge in [-0.25, -0.2) is 0 Å². The van der Waals surface area contributed by atoms with Crippen molar-refractivity contribution in [1.29, 1.82) is 0 Å². The average Bonchev–Trinajstić information content (AvgIpc) is 2.75. The van der Waals surface area contributed by atoms with Crippen molar-refractivity contribution >= 4 is 17.6 Å². The van der Waals surface area contributed by atoms with Crippen LogP contribution >= 0.6 is 0 Å². The molecule has 5 heteroatoms. The van der Waals surface area contributed by atoms with Gasteiger partial charge < -0.3 is 15.2 Å². The van der Waals surface area contributed by atoms with Crippen molar-refractivity contribution in [1.82, 2.24) is 0 Å². The topological polar surface area (TPSA) is 75.6 Å². The van der Waals surface area contributed by atoms with E-state index in [1.54, 1.807) is 0 Å². The van der Waals surface area contributed by atoms with Gasteiger partial charge in [0.05, 0.1) is 5.69 Å². The summed E-state index contributed by atoms with van der Waals surface area (Å²) in [6.07, 6.45) is 16.2. The van der Waals surface area contributed by atoms with Crippen LogP contribution in [0.1, 0.15) is 73.6 Å². The van der Waals surface area contributed by atoms with Crippen LogP contribution in [0, 0.1) is 5.41 Å². The van der Waals surface area contributed by atoms with Crippen molar-refractivity contribution in [2.75, 3.05) is 5.32 Å². The molecule has 1 aromatic carbocycles. The van der Waals surface area contributed by atoms with Crippen LogP contribution in [-0.4, -0.2) is 17.0 Å². The first-order chi connectivity index (χ1) is 16.5.